The van der Waals surface area contributed by atoms with Gasteiger partial charge >= 0.3 is 0 Å². The molecule has 0 bridgehead atoms. The molecule has 2 atom stereocenters. The number of primary amides is 1. The van der Waals surface area contributed by atoms with Crippen LogP contribution in [0.5, 0.6) is 0 Å². The predicted molar refractivity (Wildman–Crippen MR) is 54.8 cm³/mol. The predicted octanol–water partition coefficient (Wildman–Crippen LogP) is -0.254. The maximum absolute atomic E-state index is 13.1. The number of halogens is 1. The van der Waals surface area contributed by atoms with Crippen molar-refractivity contribution >= 4 is 16.7 Å². The lowest BCUT2D eigenvalue weighted by Gasteiger charge is -2.07. The van der Waals surface area contributed by atoms with Gasteiger partial charge in [-0.1, -0.05) is 12.1 Å². The van der Waals surface area contributed by atoms with Gasteiger partial charge in [0.15, 0.2) is 0 Å². The highest BCUT2D eigenvalue weighted by Gasteiger charge is 2.16. The zero-order valence-corrected chi connectivity index (χ0v) is 8.67. The van der Waals surface area contributed by atoms with Crippen LogP contribution in [0.3, 0.4) is 0 Å². The summed E-state index contributed by atoms with van der Waals surface area (Å²) in [4.78, 5) is 10.7. The Bertz CT molecular complexity index is 397. The maximum Gasteiger partial charge on any atom is 0.235 e. The van der Waals surface area contributed by atoms with Crippen molar-refractivity contribution in [1.82, 2.24) is 0 Å². The standard InChI is InChI=1S/C9H11FN2O2S/c10-6-3-1-2-4-8(6)15(14)5-7(11)9(12)13/h1-4,7H,5,11H2,(H2,12,13). The van der Waals surface area contributed by atoms with E-state index in [4.69, 9.17) is 11.5 Å². The summed E-state index contributed by atoms with van der Waals surface area (Å²) in [5.74, 6) is -1.50. The summed E-state index contributed by atoms with van der Waals surface area (Å²) in [7, 11) is -1.65. The topological polar surface area (TPSA) is 86.2 Å². The maximum atomic E-state index is 13.1. The molecular weight excluding hydrogens is 219 g/mol. The second-order valence-corrected chi connectivity index (χ2v) is 4.42. The molecular formula is C9H11FN2O2S. The van der Waals surface area contributed by atoms with Gasteiger partial charge in [0.1, 0.15) is 5.82 Å². The summed E-state index contributed by atoms with van der Waals surface area (Å²) < 4.78 is 24.7. The van der Waals surface area contributed by atoms with Crippen LogP contribution in [0.4, 0.5) is 4.39 Å². The summed E-state index contributed by atoms with van der Waals surface area (Å²) in [5.41, 5.74) is 10.2. The smallest absolute Gasteiger partial charge is 0.235 e. The van der Waals surface area contributed by atoms with E-state index in [1.165, 1.54) is 18.2 Å². The van der Waals surface area contributed by atoms with Crippen LogP contribution in [0.1, 0.15) is 0 Å². The lowest BCUT2D eigenvalue weighted by atomic mass is 10.3. The van der Waals surface area contributed by atoms with Gasteiger partial charge in [0.25, 0.3) is 0 Å². The van der Waals surface area contributed by atoms with Gasteiger partial charge < -0.3 is 11.5 Å². The first-order chi connectivity index (χ1) is 7.02. The molecule has 1 amide bonds. The van der Waals surface area contributed by atoms with Gasteiger partial charge in [-0.05, 0) is 12.1 Å². The molecule has 0 aliphatic rings. The van der Waals surface area contributed by atoms with Crippen molar-refractivity contribution < 1.29 is 13.4 Å². The Balaban J connectivity index is 2.78. The van der Waals surface area contributed by atoms with Crippen molar-refractivity contribution in [2.24, 2.45) is 11.5 Å². The Hall–Kier alpha value is -1.27. The minimum absolute atomic E-state index is 0.0363. The van der Waals surface area contributed by atoms with E-state index >= 15 is 0 Å². The molecule has 1 aromatic carbocycles. The average molecular weight is 230 g/mol. The highest BCUT2D eigenvalue weighted by molar-refractivity contribution is 7.85. The summed E-state index contributed by atoms with van der Waals surface area (Å²) >= 11 is 0. The average Bonchev–Trinajstić information content (AvgIpc) is 2.18. The van der Waals surface area contributed by atoms with E-state index in [1.54, 1.807) is 6.07 Å². The van der Waals surface area contributed by atoms with E-state index in [1.807, 2.05) is 0 Å². The van der Waals surface area contributed by atoms with Crippen molar-refractivity contribution in [1.29, 1.82) is 0 Å². The first kappa shape index (κ1) is 11.8. The molecule has 1 aromatic rings. The van der Waals surface area contributed by atoms with Gasteiger partial charge in [-0.15, -0.1) is 0 Å². The summed E-state index contributed by atoms with van der Waals surface area (Å²) in [6.45, 7) is 0. The molecule has 2 unspecified atom stereocenters. The van der Waals surface area contributed by atoms with Crippen molar-refractivity contribution in [3.63, 3.8) is 0 Å². The first-order valence-electron chi connectivity index (χ1n) is 4.20. The molecule has 4 N–H and O–H groups in total. The fourth-order valence-electron chi connectivity index (χ4n) is 0.964. The van der Waals surface area contributed by atoms with Crippen LogP contribution in [-0.4, -0.2) is 21.9 Å². The molecule has 6 heteroatoms. The van der Waals surface area contributed by atoms with Crippen LogP contribution in [0, 0.1) is 5.82 Å². The molecule has 15 heavy (non-hydrogen) atoms. The molecule has 4 nitrogen and oxygen atoms in total. The zero-order valence-electron chi connectivity index (χ0n) is 7.85. The van der Waals surface area contributed by atoms with E-state index in [-0.39, 0.29) is 10.6 Å². The number of nitrogens with two attached hydrogens (primary N) is 2. The molecule has 82 valence electrons. The zero-order chi connectivity index (χ0) is 11.4. The number of hydrogen-bond acceptors (Lipinski definition) is 3. The highest BCUT2D eigenvalue weighted by atomic mass is 32.2. The number of carbonyl (C=O) groups excluding carboxylic acids is 1. The Morgan fingerprint density at radius 2 is 2.07 bits per heavy atom. The SMILES string of the molecule is NC(=O)C(N)CS(=O)c1ccccc1F. The number of carbonyl (C=O) groups is 1. The van der Waals surface area contributed by atoms with Crippen LogP contribution >= 0.6 is 0 Å². The third kappa shape index (κ3) is 3.10. The first-order valence-corrected chi connectivity index (χ1v) is 5.52. The van der Waals surface area contributed by atoms with E-state index in [0.717, 1.165) is 0 Å². The molecule has 0 saturated heterocycles. The lowest BCUT2D eigenvalue weighted by Crippen LogP contribution is -2.40. The lowest BCUT2D eigenvalue weighted by molar-refractivity contribution is -0.118. The van der Waals surface area contributed by atoms with E-state index in [9.17, 15) is 13.4 Å². The summed E-state index contributed by atoms with van der Waals surface area (Å²) in [6, 6.07) is 4.61. The molecule has 0 radical (unpaired) electrons. The minimum atomic E-state index is -1.65. The summed E-state index contributed by atoms with van der Waals surface area (Å²) in [5, 5.41) is 0. The van der Waals surface area contributed by atoms with Crippen LogP contribution in [0.2, 0.25) is 0 Å². The van der Waals surface area contributed by atoms with E-state index in [2.05, 4.69) is 0 Å². The Morgan fingerprint density at radius 1 is 1.47 bits per heavy atom. The Labute approximate surface area is 88.9 Å². The highest BCUT2D eigenvalue weighted by Crippen LogP contribution is 2.11. The van der Waals surface area contributed by atoms with E-state index in [0.29, 0.717) is 0 Å². The van der Waals surface area contributed by atoms with Crippen LogP contribution in [0.15, 0.2) is 29.2 Å². The summed E-state index contributed by atoms with van der Waals surface area (Å²) in [6.07, 6.45) is 0. The van der Waals surface area contributed by atoms with Gasteiger partial charge in [0, 0.05) is 0 Å². The van der Waals surface area contributed by atoms with Crippen LogP contribution in [0.25, 0.3) is 0 Å². The Morgan fingerprint density at radius 3 is 2.60 bits per heavy atom. The van der Waals surface area contributed by atoms with Gasteiger partial charge in [-0.25, -0.2) is 4.39 Å². The molecule has 0 aliphatic carbocycles. The number of amides is 1. The van der Waals surface area contributed by atoms with Crippen LogP contribution < -0.4 is 11.5 Å². The van der Waals surface area contributed by atoms with Gasteiger partial charge in [-0.2, -0.15) is 0 Å². The van der Waals surface area contributed by atoms with Crippen LogP contribution in [-0.2, 0) is 15.6 Å². The normalized spacial score (nSPS) is 14.5. The van der Waals surface area contributed by atoms with Crippen molar-refractivity contribution in [3.05, 3.63) is 30.1 Å². The molecule has 0 fully saturated rings. The monoisotopic (exact) mass is 230 g/mol. The minimum Gasteiger partial charge on any atom is -0.368 e. The largest absolute Gasteiger partial charge is 0.368 e. The fourth-order valence-corrected chi connectivity index (χ4v) is 2.15. The van der Waals surface area contributed by atoms with Gasteiger partial charge in [0.05, 0.1) is 27.5 Å². The molecule has 0 saturated carbocycles. The van der Waals surface area contributed by atoms with Crippen molar-refractivity contribution in [2.45, 2.75) is 10.9 Å². The number of hydrogen-bond donors (Lipinski definition) is 2. The quantitative estimate of drug-likeness (QED) is 0.747. The number of rotatable bonds is 4. The molecule has 0 aromatic heterocycles. The molecule has 1 rings (SSSR count). The molecule has 0 aliphatic heterocycles. The van der Waals surface area contributed by atoms with Gasteiger partial charge in [0.2, 0.25) is 5.91 Å². The van der Waals surface area contributed by atoms with E-state index < -0.39 is 28.6 Å². The van der Waals surface area contributed by atoms with Crippen molar-refractivity contribution in [2.75, 3.05) is 5.75 Å². The fraction of sp³-hybridized carbons (Fsp3) is 0.222. The number of benzene rings is 1. The third-order valence-electron chi connectivity index (χ3n) is 1.78. The second-order valence-electron chi connectivity index (χ2n) is 2.95. The second kappa shape index (κ2) is 4.99. The third-order valence-corrected chi connectivity index (χ3v) is 3.26. The Kier molecular flexibility index (Phi) is 3.93. The van der Waals surface area contributed by atoms with Gasteiger partial charge in [-0.3, -0.25) is 9.00 Å². The molecule has 0 heterocycles. The van der Waals surface area contributed by atoms with Crippen molar-refractivity contribution in [3.8, 4) is 0 Å². The molecule has 0 spiro atoms.